The summed E-state index contributed by atoms with van der Waals surface area (Å²) in [6.07, 6.45) is 1.33. The van der Waals surface area contributed by atoms with Crippen molar-refractivity contribution in [3.05, 3.63) is 39.6 Å². The molecule has 0 aliphatic carbocycles. The van der Waals surface area contributed by atoms with Crippen molar-refractivity contribution in [1.82, 2.24) is 15.3 Å². The van der Waals surface area contributed by atoms with E-state index >= 15 is 0 Å². The molecular formula is C20H25Cl2FN4O. The number of benzene rings is 1. The second-order valence-corrected chi connectivity index (χ2v) is 7.50. The number of anilines is 1. The van der Waals surface area contributed by atoms with Gasteiger partial charge in [-0.05, 0) is 31.0 Å². The zero-order valence-corrected chi connectivity index (χ0v) is 17.6. The number of ether oxygens (including phenoxy) is 1. The normalized spacial score (nSPS) is 19.2. The largest absolute Gasteiger partial charge is 0.372 e. The van der Waals surface area contributed by atoms with Gasteiger partial charge in [-0.25, -0.2) is 14.4 Å². The number of hydrogen-bond donors (Lipinski definition) is 2. The van der Waals surface area contributed by atoms with E-state index in [1.807, 2.05) is 19.9 Å². The van der Waals surface area contributed by atoms with Gasteiger partial charge in [0.25, 0.3) is 0 Å². The van der Waals surface area contributed by atoms with Crippen LogP contribution in [0.1, 0.15) is 25.2 Å². The summed E-state index contributed by atoms with van der Waals surface area (Å²) in [5.74, 6) is 0.746. The highest BCUT2D eigenvalue weighted by atomic mass is 35.5. The molecule has 5 nitrogen and oxygen atoms in total. The Morgan fingerprint density at radius 1 is 1.18 bits per heavy atom. The Hall–Kier alpha value is -1.47. The number of nitrogens with one attached hydrogen (secondary N) is 2. The lowest BCUT2D eigenvalue weighted by atomic mass is 10.1. The molecule has 1 aliphatic rings. The lowest BCUT2D eigenvalue weighted by Gasteiger charge is -2.22. The predicted octanol–water partition coefficient (Wildman–Crippen LogP) is 4.31. The fraction of sp³-hybridized carbons (Fsp3) is 0.500. The molecule has 1 aromatic heterocycles. The van der Waals surface area contributed by atoms with E-state index in [2.05, 4.69) is 10.6 Å². The topological polar surface area (TPSA) is 59.1 Å². The van der Waals surface area contributed by atoms with E-state index in [9.17, 15) is 4.39 Å². The molecule has 1 aromatic carbocycles. The van der Waals surface area contributed by atoms with Gasteiger partial charge in [-0.3, -0.25) is 0 Å². The number of rotatable bonds is 8. The maximum absolute atomic E-state index is 12.5. The number of hydrogen-bond acceptors (Lipinski definition) is 5. The average Bonchev–Trinajstić information content (AvgIpc) is 3.13. The maximum Gasteiger partial charge on any atom is 0.148 e. The average molecular weight is 427 g/mol. The Bertz CT molecular complexity index is 821. The lowest BCUT2D eigenvalue weighted by molar-refractivity contribution is 0.0515. The summed E-state index contributed by atoms with van der Waals surface area (Å²) in [4.78, 5) is 9.74. The Balaban J connectivity index is 1.93. The van der Waals surface area contributed by atoms with Gasteiger partial charge in [0, 0.05) is 23.7 Å². The summed E-state index contributed by atoms with van der Waals surface area (Å²) in [6, 6.07) is 5.41. The van der Waals surface area contributed by atoms with Gasteiger partial charge in [0.1, 0.15) is 12.5 Å². The maximum atomic E-state index is 12.5. The first-order valence-electron chi connectivity index (χ1n) is 9.57. The van der Waals surface area contributed by atoms with Crippen LogP contribution in [0.15, 0.2) is 18.2 Å². The highest BCUT2D eigenvalue weighted by Gasteiger charge is 2.29. The van der Waals surface area contributed by atoms with Crippen molar-refractivity contribution in [2.45, 2.75) is 38.8 Å². The second-order valence-electron chi connectivity index (χ2n) is 6.65. The SMILES string of the molecule is CCc1nc(-c2ccc(Cl)cc2Cl)c(CC)nc1N[C@@H]1CNC[C@@H]1OCCF. The Labute approximate surface area is 175 Å². The third-order valence-corrected chi connectivity index (χ3v) is 5.33. The highest BCUT2D eigenvalue weighted by molar-refractivity contribution is 6.36. The molecule has 8 heteroatoms. The molecule has 1 fully saturated rings. The van der Waals surface area contributed by atoms with Crippen LogP contribution in [0.3, 0.4) is 0 Å². The summed E-state index contributed by atoms with van der Waals surface area (Å²) >= 11 is 12.4. The Kier molecular flexibility index (Phi) is 7.46. The monoisotopic (exact) mass is 426 g/mol. The number of alkyl halides is 1. The van der Waals surface area contributed by atoms with E-state index in [-0.39, 0.29) is 18.8 Å². The van der Waals surface area contributed by atoms with Crippen LogP contribution in [0, 0.1) is 0 Å². The molecule has 1 saturated heterocycles. The Morgan fingerprint density at radius 2 is 1.96 bits per heavy atom. The molecule has 1 aliphatic heterocycles. The second kappa shape index (κ2) is 9.83. The van der Waals surface area contributed by atoms with E-state index < -0.39 is 6.67 Å². The minimum Gasteiger partial charge on any atom is -0.372 e. The minimum absolute atomic E-state index is 0.0147. The molecule has 3 rings (SSSR count). The molecule has 28 heavy (non-hydrogen) atoms. The summed E-state index contributed by atoms with van der Waals surface area (Å²) in [7, 11) is 0. The van der Waals surface area contributed by atoms with Crippen LogP contribution in [0.5, 0.6) is 0 Å². The quantitative estimate of drug-likeness (QED) is 0.658. The zero-order valence-electron chi connectivity index (χ0n) is 16.1. The molecule has 0 bridgehead atoms. The molecule has 2 heterocycles. The van der Waals surface area contributed by atoms with Gasteiger partial charge in [0.15, 0.2) is 0 Å². The first kappa shape index (κ1) is 21.2. The lowest BCUT2D eigenvalue weighted by Crippen LogP contribution is -2.35. The predicted molar refractivity (Wildman–Crippen MR) is 112 cm³/mol. The molecule has 0 radical (unpaired) electrons. The van der Waals surface area contributed by atoms with E-state index in [0.717, 1.165) is 35.0 Å². The van der Waals surface area contributed by atoms with Crippen molar-refractivity contribution < 1.29 is 9.13 Å². The molecule has 2 N–H and O–H groups in total. The smallest absolute Gasteiger partial charge is 0.148 e. The number of aromatic nitrogens is 2. The van der Waals surface area contributed by atoms with Crippen molar-refractivity contribution in [2.75, 3.05) is 31.7 Å². The molecule has 2 atom stereocenters. The van der Waals surface area contributed by atoms with E-state index in [4.69, 9.17) is 37.9 Å². The fourth-order valence-corrected chi connectivity index (χ4v) is 3.85. The number of aryl methyl sites for hydroxylation is 2. The van der Waals surface area contributed by atoms with Crippen molar-refractivity contribution in [3.8, 4) is 11.3 Å². The van der Waals surface area contributed by atoms with Gasteiger partial charge >= 0.3 is 0 Å². The summed E-state index contributed by atoms with van der Waals surface area (Å²) < 4.78 is 18.1. The van der Waals surface area contributed by atoms with Crippen molar-refractivity contribution in [1.29, 1.82) is 0 Å². The first-order valence-corrected chi connectivity index (χ1v) is 10.3. The first-order chi connectivity index (χ1) is 13.6. The van der Waals surface area contributed by atoms with E-state index in [1.54, 1.807) is 12.1 Å². The summed E-state index contributed by atoms with van der Waals surface area (Å²) in [6.45, 7) is 5.11. The van der Waals surface area contributed by atoms with Gasteiger partial charge in [0.05, 0.1) is 40.9 Å². The van der Waals surface area contributed by atoms with Crippen LogP contribution < -0.4 is 10.6 Å². The van der Waals surface area contributed by atoms with Gasteiger partial charge in [0.2, 0.25) is 0 Å². The van der Waals surface area contributed by atoms with Crippen LogP contribution in [-0.4, -0.2) is 48.5 Å². The van der Waals surface area contributed by atoms with Crippen LogP contribution in [0.4, 0.5) is 10.2 Å². The van der Waals surface area contributed by atoms with Crippen LogP contribution >= 0.6 is 23.2 Å². The molecule has 0 spiro atoms. The highest BCUT2D eigenvalue weighted by Crippen LogP contribution is 2.32. The van der Waals surface area contributed by atoms with E-state index in [1.165, 1.54) is 0 Å². The minimum atomic E-state index is -0.486. The van der Waals surface area contributed by atoms with Crippen LogP contribution in [-0.2, 0) is 17.6 Å². The third-order valence-electron chi connectivity index (χ3n) is 4.79. The molecular weight excluding hydrogens is 402 g/mol. The Morgan fingerprint density at radius 3 is 2.64 bits per heavy atom. The molecule has 0 saturated carbocycles. The standard InChI is InChI=1S/C20H25Cl2FN4O/c1-3-15-19(13-6-5-12(21)9-14(13)22)25-16(4-2)20(26-15)27-17-10-24-11-18(17)28-8-7-23/h5-6,9,17-18,24H,3-4,7-8,10-11H2,1-2H3,(H,26,27)/t17-,18+/m1/s1. The van der Waals surface area contributed by atoms with Gasteiger partial charge in [-0.15, -0.1) is 0 Å². The van der Waals surface area contributed by atoms with E-state index in [0.29, 0.717) is 29.4 Å². The van der Waals surface area contributed by atoms with Crippen LogP contribution in [0.2, 0.25) is 10.0 Å². The fourth-order valence-electron chi connectivity index (χ4n) is 3.36. The van der Waals surface area contributed by atoms with Crippen molar-refractivity contribution in [2.24, 2.45) is 0 Å². The van der Waals surface area contributed by atoms with Crippen molar-refractivity contribution >= 4 is 29.0 Å². The summed E-state index contributed by atoms with van der Waals surface area (Å²) in [5.41, 5.74) is 3.31. The van der Waals surface area contributed by atoms with Gasteiger partial charge < -0.3 is 15.4 Å². The number of halogens is 3. The molecule has 0 unspecified atom stereocenters. The molecule has 0 amide bonds. The van der Waals surface area contributed by atoms with Gasteiger partial charge in [-0.1, -0.05) is 37.0 Å². The molecule has 2 aromatic rings. The third kappa shape index (κ3) is 4.74. The van der Waals surface area contributed by atoms with Crippen LogP contribution in [0.25, 0.3) is 11.3 Å². The van der Waals surface area contributed by atoms with Gasteiger partial charge in [-0.2, -0.15) is 0 Å². The summed E-state index contributed by atoms with van der Waals surface area (Å²) in [5, 5.41) is 7.88. The van der Waals surface area contributed by atoms with Crippen molar-refractivity contribution in [3.63, 3.8) is 0 Å². The number of nitrogens with zero attached hydrogens (tertiary/aromatic N) is 2. The zero-order chi connectivity index (χ0) is 20.1. The molecule has 152 valence electrons.